The number of hydrogen-bond donors (Lipinski definition) is 1. The fraction of sp³-hybridized carbons (Fsp3) is 0.400. The molecule has 2 aromatic rings. The molecule has 0 aromatic carbocycles. The van der Waals surface area contributed by atoms with Gasteiger partial charge in [-0.1, -0.05) is 0 Å². The summed E-state index contributed by atoms with van der Waals surface area (Å²) in [6.07, 6.45) is 5.76. The SMILES string of the molecule is Cc1cnn(C[C@H]2CCCN2C(=O)c2cc(C(N)=O)cs2)c1. The minimum Gasteiger partial charge on any atom is -0.366 e. The van der Waals surface area contributed by atoms with E-state index in [0.717, 1.165) is 24.9 Å². The molecule has 0 bridgehead atoms. The molecular formula is C15H18N4O2S. The van der Waals surface area contributed by atoms with E-state index in [1.54, 1.807) is 11.4 Å². The molecule has 0 spiro atoms. The van der Waals surface area contributed by atoms with E-state index >= 15 is 0 Å². The summed E-state index contributed by atoms with van der Waals surface area (Å²) in [4.78, 5) is 26.3. The van der Waals surface area contributed by atoms with E-state index in [2.05, 4.69) is 5.10 Å². The fourth-order valence-corrected chi connectivity index (χ4v) is 3.65. The number of aromatic nitrogens is 2. The molecule has 2 amide bonds. The second kappa shape index (κ2) is 5.92. The molecule has 0 radical (unpaired) electrons. The smallest absolute Gasteiger partial charge is 0.264 e. The van der Waals surface area contributed by atoms with Crippen LogP contribution in [-0.4, -0.2) is 39.1 Å². The molecule has 0 saturated carbocycles. The van der Waals surface area contributed by atoms with Crippen LogP contribution in [0.25, 0.3) is 0 Å². The quantitative estimate of drug-likeness (QED) is 0.931. The van der Waals surface area contributed by atoms with Gasteiger partial charge in [0, 0.05) is 18.1 Å². The van der Waals surface area contributed by atoms with Crippen molar-refractivity contribution in [2.45, 2.75) is 32.4 Å². The molecule has 1 aliphatic rings. The molecule has 7 heteroatoms. The molecule has 1 fully saturated rings. The Morgan fingerprint density at radius 3 is 2.95 bits per heavy atom. The molecule has 6 nitrogen and oxygen atoms in total. The van der Waals surface area contributed by atoms with Crippen molar-refractivity contribution in [3.05, 3.63) is 39.8 Å². The normalized spacial score (nSPS) is 17.9. The van der Waals surface area contributed by atoms with Crippen molar-refractivity contribution in [3.63, 3.8) is 0 Å². The third-order valence-corrected chi connectivity index (χ3v) is 4.81. The van der Waals surface area contributed by atoms with Crippen LogP contribution in [0, 0.1) is 6.92 Å². The Kier molecular flexibility index (Phi) is 3.98. The molecule has 22 heavy (non-hydrogen) atoms. The van der Waals surface area contributed by atoms with E-state index in [9.17, 15) is 9.59 Å². The summed E-state index contributed by atoms with van der Waals surface area (Å²) in [5.41, 5.74) is 6.75. The monoisotopic (exact) mass is 318 g/mol. The number of carbonyl (C=O) groups excluding carboxylic acids is 2. The molecule has 1 saturated heterocycles. The number of nitrogens with zero attached hydrogens (tertiary/aromatic N) is 3. The maximum absolute atomic E-state index is 12.6. The van der Waals surface area contributed by atoms with Gasteiger partial charge in [0.15, 0.2) is 0 Å². The van der Waals surface area contributed by atoms with Crippen LogP contribution in [-0.2, 0) is 6.54 Å². The van der Waals surface area contributed by atoms with Crippen molar-refractivity contribution in [2.24, 2.45) is 5.73 Å². The van der Waals surface area contributed by atoms with E-state index in [-0.39, 0.29) is 11.9 Å². The highest BCUT2D eigenvalue weighted by molar-refractivity contribution is 7.12. The van der Waals surface area contributed by atoms with Gasteiger partial charge in [0.2, 0.25) is 5.91 Å². The number of carbonyl (C=O) groups is 2. The lowest BCUT2D eigenvalue weighted by Gasteiger charge is -2.24. The molecule has 2 N–H and O–H groups in total. The van der Waals surface area contributed by atoms with Gasteiger partial charge >= 0.3 is 0 Å². The summed E-state index contributed by atoms with van der Waals surface area (Å²) in [6.45, 7) is 3.44. The largest absolute Gasteiger partial charge is 0.366 e. The summed E-state index contributed by atoms with van der Waals surface area (Å²) in [6, 6.07) is 1.73. The number of nitrogens with two attached hydrogens (primary N) is 1. The molecular weight excluding hydrogens is 300 g/mol. The van der Waals surface area contributed by atoms with E-state index < -0.39 is 5.91 Å². The summed E-state index contributed by atoms with van der Waals surface area (Å²) < 4.78 is 1.88. The number of aryl methyl sites for hydroxylation is 1. The highest BCUT2D eigenvalue weighted by Gasteiger charge is 2.30. The zero-order valence-corrected chi connectivity index (χ0v) is 13.2. The summed E-state index contributed by atoms with van der Waals surface area (Å²) in [5, 5.41) is 5.93. The molecule has 1 aliphatic heterocycles. The second-order valence-electron chi connectivity index (χ2n) is 5.60. The lowest BCUT2D eigenvalue weighted by molar-refractivity contribution is 0.0726. The third-order valence-electron chi connectivity index (χ3n) is 3.89. The summed E-state index contributed by atoms with van der Waals surface area (Å²) in [7, 11) is 0. The van der Waals surface area contributed by atoms with Crippen LogP contribution in [0.1, 0.15) is 38.4 Å². The average Bonchev–Trinajstić information content (AvgIpc) is 3.19. The van der Waals surface area contributed by atoms with Crippen molar-refractivity contribution in [1.29, 1.82) is 0 Å². The molecule has 3 heterocycles. The Morgan fingerprint density at radius 1 is 1.50 bits per heavy atom. The molecule has 0 aliphatic carbocycles. The number of likely N-dealkylation sites (tertiary alicyclic amines) is 1. The van der Waals surface area contributed by atoms with Gasteiger partial charge in [-0.2, -0.15) is 5.10 Å². The van der Waals surface area contributed by atoms with Crippen LogP contribution < -0.4 is 5.73 Å². The Hall–Kier alpha value is -2.15. The number of amides is 2. The number of primary amides is 1. The topological polar surface area (TPSA) is 81.2 Å². The maximum atomic E-state index is 12.6. The number of rotatable bonds is 4. The van der Waals surface area contributed by atoms with Crippen LogP contribution in [0.15, 0.2) is 23.8 Å². The standard InChI is InChI=1S/C15H18N4O2S/c1-10-6-17-18(7-10)8-12-3-2-4-19(12)15(21)13-5-11(9-22-13)14(16)20/h5-7,9,12H,2-4,8H2,1H3,(H2,16,20)/t12-/m1/s1. The minimum absolute atomic E-state index is 0.0242. The number of hydrogen-bond acceptors (Lipinski definition) is 4. The third kappa shape index (κ3) is 2.89. The Balaban J connectivity index is 1.74. The van der Waals surface area contributed by atoms with Gasteiger partial charge in [-0.05, 0) is 31.4 Å². The van der Waals surface area contributed by atoms with Gasteiger partial charge in [0.25, 0.3) is 5.91 Å². The highest BCUT2D eigenvalue weighted by atomic mass is 32.1. The average molecular weight is 318 g/mol. The molecule has 3 rings (SSSR count). The minimum atomic E-state index is -0.500. The molecule has 0 unspecified atom stereocenters. The predicted octanol–water partition coefficient (Wildman–Crippen LogP) is 1.66. The van der Waals surface area contributed by atoms with E-state index in [4.69, 9.17) is 5.73 Å². The summed E-state index contributed by atoms with van der Waals surface area (Å²) >= 11 is 1.27. The van der Waals surface area contributed by atoms with E-state index in [1.165, 1.54) is 11.3 Å². The van der Waals surface area contributed by atoms with Crippen molar-refractivity contribution < 1.29 is 9.59 Å². The van der Waals surface area contributed by atoms with Gasteiger partial charge in [-0.3, -0.25) is 14.3 Å². The van der Waals surface area contributed by atoms with Gasteiger partial charge < -0.3 is 10.6 Å². The van der Waals surface area contributed by atoms with E-state index in [0.29, 0.717) is 17.0 Å². The Labute approximate surface area is 132 Å². The van der Waals surface area contributed by atoms with Gasteiger partial charge in [0.1, 0.15) is 0 Å². The number of thiophene rings is 1. The van der Waals surface area contributed by atoms with Gasteiger partial charge in [0.05, 0.1) is 29.2 Å². The van der Waals surface area contributed by atoms with Crippen LogP contribution in [0.5, 0.6) is 0 Å². The second-order valence-corrected chi connectivity index (χ2v) is 6.51. The summed E-state index contributed by atoms with van der Waals surface area (Å²) in [5.74, 6) is -0.524. The Morgan fingerprint density at radius 2 is 2.32 bits per heavy atom. The van der Waals surface area contributed by atoms with Gasteiger partial charge in [-0.15, -0.1) is 11.3 Å². The van der Waals surface area contributed by atoms with Crippen LogP contribution >= 0.6 is 11.3 Å². The zero-order chi connectivity index (χ0) is 15.7. The van der Waals surface area contributed by atoms with Crippen molar-refractivity contribution >= 4 is 23.2 Å². The van der Waals surface area contributed by atoms with E-state index in [1.807, 2.05) is 28.9 Å². The fourth-order valence-electron chi connectivity index (χ4n) is 2.79. The van der Waals surface area contributed by atoms with Gasteiger partial charge in [-0.25, -0.2) is 0 Å². The first-order valence-electron chi connectivity index (χ1n) is 7.23. The van der Waals surface area contributed by atoms with Crippen LogP contribution in [0.3, 0.4) is 0 Å². The molecule has 2 aromatic heterocycles. The van der Waals surface area contributed by atoms with Crippen LogP contribution in [0.4, 0.5) is 0 Å². The van der Waals surface area contributed by atoms with Crippen molar-refractivity contribution in [3.8, 4) is 0 Å². The first-order chi connectivity index (χ1) is 10.5. The van der Waals surface area contributed by atoms with Crippen molar-refractivity contribution in [2.75, 3.05) is 6.54 Å². The zero-order valence-electron chi connectivity index (χ0n) is 12.4. The van der Waals surface area contributed by atoms with Crippen LogP contribution in [0.2, 0.25) is 0 Å². The lowest BCUT2D eigenvalue weighted by atomic mass is 10.2. The van der Waals surface area contributed by atoms with Crippen molar-refractivity contribution in [1.82, 2.24) is 14.7 Å². The first-order valence-corrected chi connectivity index (χ1v) is 8.11. The Bertz CT molecular complexity index is 706. The lowest BCUT2D eigenvalue weighted by Crippen LogP contribution is -2.37. The predicted molar refractivity (Wildman–Crippen MR) is 83.9 cm³/mol. The highest BCUT2D eigenvalue weighted by Crippen LogP contribution is 2.24. The first kappa shape index (κ1) is 14.8. The molecule has 116 valence electrons. The molecule has 1 atom stereocenters. The maximum Gasteiger partial charge on any atom is 0.264 e.